The highest BCUT2D eigenvalue weighted by Gasteiger charge is 2.24. The van der Waals surface area contributed by atoms with Crippen molar-refractivity contribution in [2.45, 2.75) is 45.1 Å². The van der Waals surface area contributed by atoms with Crippen LogP contribution in [-0.4, -0.2) is 53.4 Å². The third-order valence-corrected chi connectivity index (χ3v) is 5.77. The molecule has 6 nitrogen and oxygen atoms in total. The van der Waals surface area contributed by atoms with Gasteiger partial charge in [0.1, 0.15) is 0 Å². The first kappa shape index (κ1) is 22.6. The molecule has 0 heterocycles. The molecule has 1 fully saturated rings. The number of carbonyl (C=O) groups excluding carboxylic acids is 3. The monoisotopic (exact) mass is 426 g/mol. The van der Waals surface area contributed by atoms with Crippen LogP contribution in [0.3, 0.4) is 0 Å². The minimum Gasteiger partial charge on any atom is -0.455 e. The molecule has 0 spiro atoms. The normalized spacial score (nSPS) is 14.4. The van der Waals surface area contributed by atoms with Gasteiger partial charge in [-0.1, -0.05) is 30.9 Å². The Morgan fingerprint density at radius 1 is 1.14 bits per heavy atom. The molecule has 0 aromatic heterocycles. The Morgan fingerprint density at radius 2 is 1.82 bits per heavy atom. The van der Waals surface area contributed by atoms with Crippen molar-refractivity contribution in [3.8, 4) is 0 Å². The summed E-state index contributed by atoms with van der Waals surface area (Å²) in [6, 6.07) is 7.04. The molecular formula is C20H27ClN2O4S. The fourth-order valence-corrected chi connectivity index (χ4v) is 3.99. The third-order valence-electron chi connectivity index (χ3n) is 4.61. The molecule has 28 heavy (non-hydrogen) atoms. The molecule has 2 amide bonds. The second kappa shape index (κ2) is 12.0. The molecule has 2 rings (SSSR count). The summed E-state index contributed by atoms with van der Waals surface area (Å²) >= 11 is 6.94. The van der Waals surface area contributed by atoms with E-state index in [0.29, 0.717) is 17.3 Å². The number of amides is 2. The summed E-state index contributed by atoms with van der Waals surface area (Å²) < 4.78 is 5.09. The van der Waals surface area contributed by atoms with Gasteiger partial charge in [-0.3, -0.25) is 14.4 Å². The average Bonchev–Trinajstić information content (AvgIpc) is 2.69. The largest absolute Gasteiger partial charge is 0.455 e. The number of carbonyl (C=O) groups is 3. The lowest BCUT2D eigenvalue weighted by atomic mass is 9.94. The van der Waals surface area contributed by atoms with Gasteiger partial charge in [-0.15, -0.1) is 11.8 Å². The summed E-state index contributed by atoms with van der Waals surface area (Å²) in [6.45, 7) is 2.34. The van der Waals surface area contributed by atoms with Crippen molar-refractivity contribution < 1.29 is 19.1 Å². The maximum absolute atomic E-state index is 12.4. The summed E-state index contributed by atoms with van der Waals surface area (Å²) in [7, 11) is 0. The van der Waals surface area contributed by atoms with Gasteiger partial charge in [-0.25, -0.2) is 0 Å². The van der Waals surface area contributed by atoms with Crippen molar-refractivity contribution in [3.63, 3.8) is 0 Å². The number of halogens is 1. The molecule has 1 aromatic rings. The van der Waals surface area contributed by atoms with E-state index in [9.17, 15) is 14.4 Å². The number of esters is 1. The van der Waals surface area contributed by atoms with Gasteiger partial charge in [-0.05, 0) is 44.0 Å². The molecule has 0 bridgehead atoms. The summed E-state index contributed by atoms with van der Waals surface area (Å²) in [5.74, 6) is -0.706. The minimum absolute atomic E-state index is 0.0247. The van der Waals surface area contributed by atoms with Crippen molar-refractivity contribution in [2.24, 2.45) is 0 Å². The topological polar surface area (TPSA) is 75.7 Å². The number of likely N-dealkylation sites (N-methyl/N-ethyl adjacent to an activating group) is 1. The molecular weight excluding hydrogens is 400 g/mol. The summed E-state index contributed by atoms with van der Waals surface area (Å²) in [5.41, 5.74) is 0.644. The van der Waals surface area contributed by atoms with Crippen LogP contribution in [0.2, 0.25) is 5.02 Å². The maximum Gasteiger partial charge on any atom is 0.316 e. The van der Waals surface area contributed by atoms with Gasteiger partial charge < -0.3 is 15.0 Å². The minimum atomic E-state index is -0.489. The van der Waals surface area contributed by atoms with E-state index in [1.165, 1.54) is 6.42 Å². The average molecular weight is 427 g/mol. The molecule has 8 heteroatoms. The SMILES string of the molecule is CCN(C(=O)COC(=O)CSCC(=O)Nc1ccc(Cl)cc1)C1CCCCC1. The van der Waals surface area contributed by atoms with Crippen LogP contribution >= 0.6 is 23.4 Å². The fourth-order valence-electron chi connectivity index (χ4n) is 3.26. The first-order valence-electron chi connectivity index (χ1n) is 9.58. The highest BCUT2D eigenvalue weighted by Crippen LogP contribution is 2.22. The number of ether oxygens (including phenoxy) is 1. The van der Waals surface area contributed by atoms with Gasteiger partial charge in [0.2, 0.25) is 5.91 Å². The van der Waals surface area contributed by atoms with Gasteiger partial charge >= 0.3 is 5.97 Å². The highest BCUT2D eigenvalue weighted by molar-refractivity contribution is 8.00. The first-order chi connectivity index (χ1) is 13.5. The third kappa shape index (κ3) is 7.72. The smallest absolute Gasteiger partial charge is 0.316 e. The van der Waals surface area contributed by atoms with Gasteiger partial charge in [0.15, 0.2) is 6.61 Å². The fraction of sp³-hybridized carbons (Fsp3) is 0.550. The molecule has 1 aromatic carbocycles. The predicted octanol–water partition coefficient (Wildman–Crippen LogP) is 3.74. The van der Waals surface area contributed by atoms with Crippen LogP contribution in [0, 0.1) is 0 Å². The van der Waals surface area contributed by atoms with Gasteiger partial charge in [0, 0.05) is 23.3 Å². The molecule has 1 N–H and O–H groups in total. The van der Waals surface area contributed by atoms with Crippen molar-refractivity contribution in [1.82, 2.24) is 4.90 Å². The number of nitrogens with one attached hydrogen (secondary N) is 1. The molecule has 0 radical (unpaired) electrons. The summed E-state index contributed by atoms with van der Waals surface area (Å²) in [4.78, 5) is 37.9. The lowest BCUT2D eigenvalue weighted by molar-refractivity contribution is -0.151. The number of hydrogen-bond donors (Lipinski definition) is 1. The van der Waals surface area contributed by atoms with Crippen molar-refractivity contribution >= 4 is 46.8 Å². The van der Waals surface area contributed by atoms with Crippen LogP contribution in [0.5, 0.6) is 0 Å². The second-order valence-corrected chi connectivity index (χ2v) is 8.10. The van der Waals surface area contributed by atoms with Crippen LogP contribution in [0.4, 0.5) is 5.69 Å². The van der Waals surface area contributed by atoms with Crippen LogP contribution in [0.25, 0.3) is 0 Å². The van der Waals surface area contributed by atoms with Crippen LogP contribution in [-0.2, 0) is 19.1 Å². The van der Waals surface area contributed by atoms with E-state index in [1.807, 2.05) is 11.8 Å². The maximum atomic E-state index is 12.4. The number of hydrogen-bond acceptors (Lipinski definition) is 5. The van der Waals surface area contributed by atoms with Gasteiger partial charge in [-0.2, -0.15) is 0 Å². The molecule has 0 aliphatic heterocycles. The van der Waals surface area contributed by atoms with E-state index in [2.05, 4.69) is 5.32 Å². The van der Waals surface area contributed by atoms with Gasteiger partial charge in [0.25, 0.3) is 5.91 Å². The molecule has 1 aliphatic carbocycles. The van der Waals surface area contributed by atoms with E-state index in [4.69, 9.17) is 16.3 Å². The van der Waals surface area contributed by atoms with E-state index in [-0.39, 0.29) is 36.0 Å². The molecule has 0 saturated heterocycles. The van der Waals surface area contributed by atoms with E-state index < -0.39 is 5.97 Å². The quantitative estimate of drug-likeness (QED) is 0.609. The lowest BCUT2D eigenvalue weighted by Gasteiger charge is -2.33. The number of anilines is 1. The van der Waals surface area contributed by atoms with Crippen LogP contribution in [0.15, 0.2) is 24.3 Å². The number of thioether (sulfide) groups is 1. The van der Waals surface area contributed by atoms with Crippen LogP contribution < -0.4 is 5.32 Å². The van der Waals surface area contributed by atoms with Crippen molar-refractivity contribution in [2.75, 3.05) is 30.0 Å². The van der Waals surface area contributed by atoms with Crippen LogP contribution in [0.1, 0.15) is 39.0 Å². The number of nitrogens with zero attached hydrogens (tertiary/aromatic N) is 1. The standard InChI is InChI=1S/C20H27ClN2O4S/c1-2-23(17-6-4-3-5-7-17)19(25)12-27-20(26)14-28-13-18(24)22-16-10-8-15(21)9-11-16/h8-11,17H,2-7,12-14H2,1H3,(H,22,24). The molecule has 0 unspecified atom stereocenters. The Hall–Kier alpha value is -1.73. The van der Waals surface area contributed by atoms with E-state index in [0.717, 1.165) is 37.4 Å². The Morgan fingerprint density at radius 3 is 2.46 bits per heavy atom. The highest BCUT2D eigenvalue weighted by atomic mass is 35.5. The Kier molecular flexibility index (Phi) is 9.64. The van der Waals surface area contributed by atoms with Gasteiger partial charge in [0.05, 0.1) is 11.5 Å². The number of rotatable bonds is 9. The Balaban J connectivity index is 1.64. The molecule has 1 saturated carbocycles. The molecule has 0 atom stereocenters. The van der Waals surface area contributed by atoms with Crippen molar-refractivity contribution in [1.29, 1.82) is 0 Å². The summed E-state index contributed by atoms with van der Waals surface area (Å²) in [6.07, 6.45) is 5.55. The first-order valence-corrected chi connectivity index (χ1v) is 11.1. The van der Waals surface area contributed by atoms with E-state index >= 15 is 0 Å². The van der Waals surface area contributed by atoms with E-state index in [1.54, 1.807) is 24.3 Å². The second-order valence-electron chi connectivity index (χ2n) is 6.68. The summed E-state index contributed by atoms with van der Waals surface area (Å²) in [5, 5.41) is 3.31. The molecule has 154 valence electrons. The predicted molar refractivity (Wildman–Crippen MR) is 113 cm³/mol. The Bertz CT molecular complexity index is 663. The zero-order valence-corrected chi connectivity index (χ0v) is 17.7. The lowest BCUT2D eigenvalue weighted by Crippen LogP contribution is -2.43. The zero-order valence-electron chi connectivity index (χ0n) is 16.1. The number of benzene rings is 1. The zero-order chi connectivity index (χ0) is 20.4. The Labute approximate surface area is 175 Å². The van der Waals surface area contributed by atoms with Crippen molar-refractivity contribution in [3.05, 3.63) is 29.3 Å². The molecule has 1 aliphatic rings.